The van der Waals surface area contributed by atoms with E-state index in [4.69, 9.17) is 21.1 Å². The number of halogens is 1. The van der Waals surface area contributed by atoms with Gasteiger partial charge in [0.15, 0.2) is 0 Å². The molecule has 7 heteroatoms. The Hall–Kier alpha value is -1.67. The highest BCUT2D eigenvalue weighted by Gasteiger charge is 2.44. The molecule has 0 unspecified atom stereocenters. The fraction of sp³-hybridized carbons (Fsp3) is 0.429. The van der Waals surface area contributed by atoms with Gasteiger partial charge in [0.2, 0.25) is 0 Å². The molecule has 0 aromatic heterocycles. The summed E-state index contributed by atoms with van der Waals surface area (Å²) in [5.74, 6) is 0.0205. The molecule has 152 valence electrons. The average molecular weight is 409 g/mol. The van der Waals surface area contributed by atoms with Gasteiger partial charge in [-0.1, -0.05) is 35.9 Å². The molecule has 0 aliphatic carbocycles. The van der Waals surface area contributed by atoms with Crippen molar-refractivity contribution < 1.29 is 29.9 Å². The minimum atomic E-state index is -1.23. The monoisotopic (exact) mass is 408 g/mol. The summed E-state index contributed by atoms with van der Waals surface area (Å²) in [7, 11) is 1.61. The number of aliphatic hydroxyl groups excluding tert-OH is 4. The Morgan fingerprint density at radius 2 is 1.71 bits per heavy atom. The number of benzene rings is 2. The molecule has 4 N–H and O–H groups in total. The van der Waals surface area contributed by atoms with Gasteiger partial charge in [-0.25, -0.2) is 0 Å². The Bertz CT molecular complexity index is 779. The summed E-state index contributed by atoms with van der Waals surface area (Å²) in [5.41, 5.74) is 2.53. The van der Waals surface area contributed by atoms with Crippen LogP contribution in [0.15, 0.2) is 42.5 Å². The van der Waals surface area contributed by atoms with Crippen LogP contribution < -0.4 is 4.74 Å². The largest absolute Gasteiger partial charge is 0.497 e. The van der Waals surface area contributed by atoms with E-state index in [1.807, 2.05) is 30.3 Å². The van der Waals surface area contributed by atoms with Gasteiger partial charge in [0.1, 0.15) is 18.0 Å². The number of rotatable bonds is 6. The molecule has 3 rings (SSSR count). The van der Waals surface area contributed by atoms with E-state index < -0.39 is 30.3 Å². The van der Waals surface area contributed by atoms with E-state index in [1.54, 1.807) is 19.2 Å². The smallest absolute Gasteiger partial charge is 0.118 e. The number of methoxy groups -OCH3 is 1. The zero-order valence-electron chi connectivity index (χ0n) is 15.5. The van der Waals surface area contributed by atoms with Crippen LogP contribution in [0.25, 0.3) is 0 Å². The van der Waals surface area contributed by atoms with Gasteiger partial charge in [0.25, 0.3) is 0 Å². The molecule has 1 heterocycles. The van der Waals surface area contributed by atoms with Crippen molar-refractivity contribution in [3.05, 3.63) is 64.2 Å². The Kier molecular flexibility index (Phi) is 6.93. The molecule has 5 atom stereocenters. The lowest BCUT2D eigenvalue weighted by atomic mass is 9.84. The first-order valence-corrected chi connectivity index (χ1v) is 9.50. The Morgan fingerprint density at radius 1 is 1.00 bits per heavy atom. The van der Waals surface area contributed by atoms with E-state index in [0.29, 0.717) is 17.0 Å². The maximum atomic E-state index is 10.5. The zero-order valence-corrected chi connectivity index (χ0v) is 16.3. The third-order valence-corrected chi connectivity index (χ3v) is 5.61. The fourth-order valence-corrected chi connectivity index (χ4v) is 3.76. The van der Waals surface area contributed by atoms with Crippen molar-refractivity contribution in [1.82, 2.24) is 0 Å². The molecule has 1 aliphatic rings. The lowest BCUT2D eigenvalue weighted by Gasteiger charge is -2.42. The van der Waals surface area contributed by atoms with Crippen LogP contribution >= 0.6 is 11.6 Å². The van der Waals surface area contributed by atoms with Crippen LogP contribution in [0.3, 0.4) is 0 Å². The van der Waals surface area contributed by atoms with E-state index in [0.717, 1.165) is 16.9 Å². The third-order valence-electron chi connectivity index (χ3n) is 5.24. The number of ether oxygens (including phenoxy) is 2. The number of hydrogen-bond donors (Lipinski definition) is 4. The van der Waals surface area contributed by atoms with Crippen molar-refractivity contribution in [1.29, 1.82) is 0 Å². The standard InChI is InChI=1S/C21H25ClO6/c1-27-15-5-2-12(3-6-15)8-14-9-13(4-7-17(14)22)21-20(26)19(25)16(10-23)18(11-24)28-21/h2-7,9,16,18-21,23-26H,8,10-11H2,1H3/t16-,18-,19+,20-,21+/m1/s1. The van der Waals surface area contributed by atoms with Crippen molar-refractivity contribution in [3.8, 4) is 5.75 Å². The predicted molar refractivity (Wildman–Crippen MR) is 105 cm³/mol. The molecule has 1 fully saturated rings. The fourth-order valence-electron chi connectivity index (χ4n) is 3.57. The molecule has 0 radical (unpaired) electrons. The third kappa shape index (κ3) is 4.33. The van der Waals surface area contributed by atoms with Crippen LogP contribution in [-0.2, 0) is 11.2 Å². The van der Waals surface area contributed by atoms with E-state index in [1.165, 1.54) is 0 Å². The summed E-state index contributed by atoms with van der Waals surface area (Å²) < 4.78 is 11.0. The van der Waals surface area contributed by atoms with Crippen molar-refractivity contribution >= 4 is 11.6 Å². The Balaban J connectivity index is 1.85. The van der Waals surface area contributed by atoms with Crippen LogP contribution in [-0.4, -0.2) is 59.1 Å². The first-order chi connectivity index (χ1) is 13.5. The molecule has 2 aromatic rings. The maximum Gasteiger partial charge on any atom is 0.118 e. The summed E-state index contributed by atoms with van der Waals surface area (Å²) >= 11 is 6.36. The highest BCUT2D eigenvalue weighted by molar-refractivity contribution is 6.31. The van der Waals surface area contributed by atoms with E-state index >= 15 is 0 Å². The molecule has 2 aromatic carbocycles. The van der Waals surface area contributed by atoms with Gasteiger partial charge in [-0.15, -0.1) is 0 Å². The van der Waals surface area contributed by atoms with Crippen LogP contribution in [0.4, 0.5) is 0 Å². The van der Waals surface area contributed by atoms with E-state index in [2.05, 4.69) is 0 Å². The quantitative estimate of drug-likeness (QED) is 0.580. The second-order valence-electron chi connectivity index (χ2n) is 6.98. The van der Waals surface area contributed by atoms with Crippen LogP contribution in [0.1, 0.15) is 22.8 Å². The van der Waals surface area contributed by atoms with Gasteiger partial charge in [-0.05, 0) is 41.3 Å². The summed E-state index contributed by atoms with van der Waals surface area (Å²) in [5, 5.41) is 40.4. The molecule has 28 heavy (non-hydrogen) atoms. The van der Waals surface area contributed by atoms with Crippen molar-refractivity contribution in [2.45, 2.75) is 30.8 Å². The predicted octanol–water partition coefficient (Wildman–Crippen LogP) is 1.70. The summed E-state index contributed by atoms with van der Waals surface area (Å²) in [6.07, 6.45) is -3.46. The minimum absolute atomic E-state index is 0.363. The molecule has 1 aliphatic heterocycles. The maximum absolute atomic E-state index is 10.5. The molecule has 0 saturated carbocycles. The van der Waals surface area contributed by atoms with Crippen LogP contribution in [0.5, 0.6) is 5.75 Å². The van der Waals surface area contributed by atoms with Gasteiger partial charge >= 0.3 is 0 Å². The van der Waals surface area contributed by atoms with Gasteiger partial charge in [-0.3, -0.25) is 0 Å². The van der Waals surface area contributed by atoms with Crippen molar-refractivity contribution in [2.24, 2.45) is 5.92 Å². The second kappa shape index (κ2) is 9.22. The molecule has 1 saturated heterocycles. The zero-order chi connectivity index (χ0) is 20.3. The Labute approximate surface area is 168 Å². The SMILES string of the molecule is COc1ccc(Cc2cc([C@@H]3O[C@H](CO)[C@@H](CO)[C@H](O)[C@H]3O)ccc2Cl)cc1. The Morgan fingerprint density at radius 3 is 2.32 bits per heavy atom. The van der Waals surface area contributed by atoms with Crippen molar-refractivity contribution in [3.63, 3.8) is 0 Å². The first-order valence-electron chi connectivity index (χ1n) is 9.13. The average Bonchev–Trinajstić information content (AvgIpc) is 2.72. The molecule has 0 bridgehead atoms. The van der Waals surface area contributed by atoms with E-state index in [-0.39, 0.29) is 13.2 Å². The van der Waals surface area contributed by atoms with Crippen LogP contribution in [0.2, 0.25) is 5.02 Å². The van der Waals surface area contributed by atoms with Gasteiger partial charge in [0.05, 0.1) is 32.5 Å². The minimum Gasteiger partial charge on any atom is -0.497 e. The normalized spacial score (nSPS) is 27.6. The van der Waals surface area contributed by atoms with Crippen LogP contribution in [0, 0.1) is 5.92 Å². The first kappa shape index (κ1) is 21.0. The molecular formula is C21H25ClO6. The summed E-state index contributed by atoms with van der Waals surface area (Å²) in [6.45, 7) is -0.753. The topological polar surface area (TPSA) is 99.4 Å². The van der Waals surface area contributed by atoms with E-state index in [9.17, 15) is 20.4 Å². The molecule has 0 amide bonds. The van der Waals surface area contributed by atoms with Crippen molar-refractivity contribution in [2.75, 3.05) is 20.3 Å². The summed E-state index contributed by atoms with van der Waals surface area (Å²) in [6, 6.07) is 12.9. The molecular weight excluding hydrogens is 384 g/mol. The summed E-state index contributed by atoms with van der Waals surface area (Å²) in [4.78, 5) is 0. The highest BCUT2D eigenvalue weighted by atomic mass is 35.5. The number of hydrogen-bond acceptors (Lipinski definition) is 6. The molecule has 6 nitrogen and oxygen atoms in total. The van der Waals surface area contributed by atoms with Gasteiger partial charge in [-0.2, -0.15) is 0 Å². The number of aliphatic hydroxyl groups is 4. The lowest BCUT2D eigenvalue weighted by molar-refractivity contribution is -0.217. The second-order valence-corrected chi connectivity index (χ2v) is 7.39. The van der Waals surface area contributed by atoms with Gasteiger partial charge < -0.3 is 29.9 Å². The van der Waals surface area contributed by atoms with Gasteiger partial charge in [0, 0.05) is 10.9 Å². The highest BCUT2D eigenvalue weighted by Crippen LogP contribution is 2.36. The lowest BCUT2D eigenvalue weighted by Crippen LogP contribution is -2.53. The molecule has 0 spiro atoms.